The van der Waals surface area contributed by atoms with Crippen molar-refractivity contribution >= 4 is 28.2 Å². The second-order valence-corrected chi connectivity index (χ2v) is 5.21. The van der Waals surface area contributed by atoms with Crippen molar-refractivity contribution in [3.63, 3.8) is 0 Å². The number of carbonyl (C=O) groups excluding carboxylic acids is 1. The van der Waals surface area contributed by atoms with Gasteiger partial charge in [0.15, 0.2) is 11.4 Å². The first-order valence-corrected chi connectivity index (χ1v) is 6.35. The Hall–Kier alpha value is -2.66. The van der Waals surface area contributed by atoms with E-state index in [1.54, 1.807) is 6.92 Å². The number of imidazole rings is 1. The molecule has 2 aromatic rings. The number of nitrogens with zero attached hydrogens (tertiary/aromatic N) is 2. The number of hydrogen-bond acceptors (Lipinski definition) is 5. The number of nitriles is 1. The molecule has 2 aromatic heterocycles. The maximum absolute atomic E-state index is 12.0. The molecule has 3 N–H and O–H groups in total. The predicted octanol–water partition coefficient (Wildman–Crippen LogP) is 1.91. The summed E-state index contributed by atoms with van der Waals surface area (Å²) in [5.41, 5.74) is 0.678. The fraction of sp³-hybridized carbons (Fsp3) is 0.167. The average molecular weight is 290 g/mol. The van der Waals surface area contributed by atoms with Crippen LogP contribution >= 0.6 is 11.3 Å². The number of amides is 1. The number of carboxylic acid groups (broad SMARTS) is 1. The number of aromatic nitrogens is 2. The largest absolute Gasteiger partial charge is 0.477 e. The van der Waals surface area contributed by atoms with Gasteiger partial charge in [-0.25, -0.2) is 9.78 Å². The van der Waals surface area contributed by atoms with Gasteiger partial charge in [0.1, 0.15) is 11.1 Å². The van der Waals surface area contributed by atoms with Crippen molar-refractivity contribution in [3.8, 4) is 6.07 Å². The summed E-state index contributed by atoms with van der Waals surface area (Å²) in [4.78, 5) is 29.9. The lowest BCUT2D eigenvalue weighted by Gasteiger charge is -2.01. The van der Waals surface area contributed by atoms with Crippen LogP contribution in [0.5, 0.6) is 0 Å². The molecule has 0 atom stereocenters. The van der Waals surface area contributed by atoms with Gasteiger partial charge in [0.25, 0.3) is 5.91 Å². The third-order valence-electron chi connectivity index (χ3n) is 2.79. The molecule has 0 aliphatic rings. The third kappa shape index (κ3) is 2.26. The van der Waals surface area contributed by atoms with E-state index in [9.17, 15) is 9.59 Å². The van der Waals surface area contributed by atoms with Crippen molar-refractivity contribution in [2.24, 2.45) is 0 Å². The van der Waals surface area contributed by atoms with E-state index in [0.29, 0.717) is 10.6 Å². The lowest BCUT2D eigenvalue weighted by Crippen LogP contribution is -2.16. The van der Waals surface area contributed by atoms with Crippen molar-refractivity contribution in [2.75, 3.05) is 5.32 Å². The Morgan fingerprint density at radius 3 is 2.80 bits per heavy atom. The molecule has 0 saturated carbocycles. The minimum atomic E-state index is -1.27. The van der Waals surface area contributed by atoms with Crippen LogP contribution in [0.2, 0.25) is 0 Å². The SMILES string of the molecule is Cc1sc(NC(=O)c2nc[nH]c2C(=O)O)c(C#N)c1C. The summed E-state index contributed by atoms with van der Waals surface area (Å²) in [5.74, 6) is -1.94. The number of aryl methyl sites for hydroxylation is 1. The first-order valence-electron chi connectivity index (χ1n) is 5.53. The second kappa shape index (κ2) is 5.14. The van der Waals surface area contributed by atoms with Gasteiger partial charge in [0.05, 0.1) is 11.9 Å². The molecular formula is C12H10N4O3S. The van der Waals surface area contributed by atoms with E-state index in [1.807, 2.05) is 13.0 Å². The van der Waals surface area contributed by atoms with E-state index in [-0.39, 0.29) is 11.4 Å². The van der Waals surface area contributed by atoms with Gasteiger partial charge in [-0.2, -0.15) is 5.26 Å². The molecular weight excluding hydrogens is 280 g/mol. The van der Waals surface area contributed by atoms with Crippen LogP contribution in [-0.4, -0.2) is 27.0 Å². The van der Waals surface area contributed by atoms with Crippen molar-refractivity contribution in [2.45, 2.75) is 13.8 Å². The Bertz CT molecular complexity index is 738. The Kier molecular flexibility index (Phi) is 3.54. The predicted molar refractivity (Wildman–Crippen MR) is 72.0 cm³/mol. The van der Waals surface area contributed by atoms with E-state index in [0.717, 1.165) is 16.8 Å². The monoisotopic (exact) mass is 290 g/mol. The standard InChI is InChI=1S/C12H10N4O3S/c1-5-6(2)20-11(7(5)3-13)16-10(17)8-9(12(18)19)15-4-14-8/h4H,1-2H3,(H,14,15)(H,16,17)(H,18,19). The molecule has 0 aromatic carbocycles. The van der Waals surface area contributed by atoms with E-state index in [4.69, 9.17) is 10.4 Å². The van der Waals surface area contributed by atoms with Crippen LogP contribution in [0.25, 0.3) is 0 Å². The molecule has 8 heteroatoms. The molecule has 0 aliphatic carbocycles. The van der Waals surface area contributed by atoms with Crippen LogP contribution in [0, 0.1) is 25.2 Å². The van der Waals surface area contributed by atoms with Crippen molar-refractivity contribution in [1.29, 1.82) is 5.26 Å². The third-order valence-corrected chi connectivity index (χ3v) is 3.92. The van der Waals surface area contributed by atoms with Crippen molar-refractivity contribution in [3.05, 3.63) is 33.7 Å². The number of rotatable bonds is 3. The zero-order valence-electron chi connectivity index (χ0n) is 10.6. The summed E-state index contributed by atoms with van der Waals surface area (Å²) >= 11 is 1.27. The highest BCUT2D eigenvalue weighted by molar-refractivity contribution is 7.16. The van der Waals surface area contributed by atoms with Gasteiger partial charge in [-0.05, 0) is 19.4 Å². The quantitative estimate of drug-likeness (QED) is 0.797. The number of hydrogen-bond donors (Lipinski definition) is 3. The summed E-state index contributed by atoms with van der Waals surface area (Å²) in [5, 5.41) is 20.9. The lowest BCUT2D eigenvalue weighted by molar-refractivity contribution is 0.0686. The van der Waals surface area contributed by atoms with Gasteiger partial charge >= 0.3 is 5.97 Å². The number of H-pyrrole nitrogens is 1. The van der Waals surface area contributed by atoms with Crippen molar-refractivity contribution < 1.29 is 14.7 Å². The summed E-state index contributed by atoms with van der Waals surface area (Å²) in [6, 6.07) is 2.02. The number of anilines is 1. The molecule has 0 unspecified atom stereocenters. The summed E-state index contributed by atoms with van der Waals surface area (Å²) in [7, 11) is 0. The zero-order valence-corrected chi connectivity index (χ0v) is 11.5. The maximum Gasteiger partial charge on any atom is 0.354 e. The van der Waals surface area contributed by atoms with E-state index in [2.05, 4.69) is 15.3 Å². The Balaban J connectivity index is 2.34. The van der Waals surface area contributed by atoms with Gasteiger partial charge in [0.2, 0.25) is 0 Å². The molecule has 20 heavy (non-hydrogen) atoms. The summed E-state index contributed by atoms with van der Waals surface area (Å²) in [6.07, 6.45) is 1.13. The molecule has 0 spiro atoms. The molecule has 0 fully saturated rings. The van der Waals surface area contributed by atoms with Crippen LogP contribution in [0.4, 0.5) is 5.00 Å². The molecule has 7 nitrogen and oxygen atoms in total. The normalized spacial score (nSPS) is 10.1. The van der Waals surface area contributed by atoms with Gasteiger partial charge in [0, 0.05) is 4.88 Å². The molecule has 2 rings (SSSR count). The van der Waals surface area contributed by atoms with Gasteiger partial charge in [-0.1, -0.05) is 0 Å². The van der Waals surface area contributed by atoms with Crippen LogP contribution in [-0.2, 0) is 0 Å². The molecule has 2 heterocycles. The minimum absolute atomic E-state index is 0.218. The smallest absolute Gasteiger partial charge is 0.354 e. The number of aromatic amines is 1. The lowest BCUT2D eigenvalue weighted by atomic mass is 10.2. The van der Waals surface area contributed by atoms with Gasteiger partial charge < -0.3 is 15.4 Å². The Labute approximate surface area is 117 Å². The molecule has 0 bridgehead atoms. The highest BCUT2D eigenvalue weighted by Gasteiger charge is 2.22. The van der Waals surface area contributed by atoms with Crippen LogP contribution in [0.1, 0.15) is 37.0 Å². The Morgan fingerprint density at radius 2 is 2.20 bits per heavy atom. The number of aromatic carboxylic acids is 1. The molecule has 102 valence electrons. The van der Waals surface area contributed by atoms with Crippen LogP contribution in [0.15, 0.2) is 6.33 Å². The summed E-state index contributed by atoms with van der Waals surface area (Å²) in [6.45, 7) is 3.63. The maximum atomic E-state index is 12.0. The number of carbonyl (C=O) groups is 2. The molecule has 0 saturated heterocycles. The van der Waals surface area contributed by atoms with E-state index < -0.39 is 11.9 Å². The first-order chi connectivity index (χ1) is 9.45. The fourth-order valence-corrected chi connectivity index (χ4v) is 2.65. The van der Waals surface area contributed by atoms with E-state index in [1.165, 1.54) is 11.3 Å². The van der Waals surface area contributed by atoms with E-state index >= 15 is 0 Å². The topological polar surface area (TPSA) is 119 Å². The van der Waals surface area contributed by atoms with Crippen molar-refractivity contribution in [1.82, 2.24) is 9.97 Å². The molecule has 1 amide bonds. The van der Waals surface area contributed by atoms with Gasteiger partial charge in [-0.3, -0.25) is 4.79 Å². The highest BCUT2D eigenvalue weighted by atomic mass is 32.1. The second-order valence-electron chi connectivity index (χ2n) is 3.98. The number of nitrogens with one attached hydrogen (secondary N) is 2. The average Bonchev–Trinajstić information content (AvgIpc) is 2.96. The van der Waals surface area contributed by atoms with Gasteiger partial charge in [-0.15, -0.1) is 11.3 Å². The summed E-state index contributed by atoms with van der Waals surface area (Å²) < 4.78 is 0. The first kappa shape index (κ1) is 13.8. The number of thiophene rings is 1. The zero-order chi connectivity index (χ0) is 14.9. The van der Waals surface area contributed by atoms with Crippen LogP contribution in [0.3, 0.4) is 0 Å². The Morgan fingerprint density at radius 1 is 1.50 bits per heavy atom. The number of carboxylic acids is 1. The fourth-order valence-electron chi connectivity index (χ4n) is 1.64. The highest BCUT2D eigenvalue weighted by Crippen LogP contribution is 2.31. The minimum Gasteiger partial charge on any atom is -0.477 e. The molecule has 0 radical (unpaired) electrons. The van der Waals surface area contributed by atoms with Crippen LogP contribution < -0.4 is 5.32 Å². The molecule has 0 aliphatic heterocycles.